The molecule has 26 heavy (non-hydrogen) atoms. The molecule has 0 unspecified atom stereocenters. The molecule has 132 valence electrons. The molecule has 0 radical (unpaired) electrons. The number of nitrogens with zero attached hydrogens (tertiary/aromatic N) is 2. The Morgan fingerprint density at radius 3 is 2.50 bits per heavy atom. The van der Waals surface area contributed by atoms with Gasteiger partial charge in [-0.2, -0.15) is 0 Å². The van der Waals surface area contributed by atoms with Gasteiger partial charge < -0.3 is 0 Å². The Bertz CT molecular complexity index is 1260. The normalized spacial score (nSPS) is 11.9. The van der Waals surface area contributed by atoms with Crippen LogP contribution in [0.4, 0.5) is 5.13 Å². The maximum Gasteiger partial charge on any atom is 0.257 e. The van der Waals surface area contributed by atoms with Crippen molar-refractivity contribution in [2.24, 2.45) is 5.14 Å². The number of nitrogens with one attached hydrogen (secondary N) is 1. The quantitative estimate of drug-likeness (QED) is 0.544. The number of hydrogen-bond acceptors (Lipinski definition) is 7. The molecule has 0 aliphatic heterocycles. The highest BCUT2D eigenvalue weighted by atomic mass is 32.2. The van der Waals surface area contributed by atoms with Crippen molar-refractivity contribution in [1.82, 2.24) is 9.97 Å². The summed E-state index contributed by atoms with van der Waals surface area (Å²) in [5.74, 6) is -0.379. The number of fused-ring (bicyclic) bond motifs is 3. The summed E-state index contributed by atoms with van der Waals surface area (Å²) in [6.45, 7) is 1.95. The van der Waals surface area contributed by atoms with Gasteiger partial charge in [0.15, 0.2) is 5.13 Å². The number of thiazole rings is 2. The Morgan fingerprint density at radius 1 is 1.08 bits per heavy atom. The van der Waals surface area contributed by atoms with Gasteiger partial charge in [-0.25, -0.2) is 23.5 Å². The van der Waals surface area contributed by atoms with E-state index in [1.807, 2.05) is 19.1 Å². The number of hydrogen-bond donors (Lipinski definition) is 2. The maximum atomic E-state index is 12.4. The lowest BCUT2D eigenvalue weighted by atomic mass is 10.2. The molecule has 0 saturated carbocycles. The first-order valence-electron chi connectivity index (χ1n) is 7.42. The largest absolute Gasteiger partial charge is 0.298 e. The topological polar surface area (TPSA) is 115 Å². The van der Waals surface area contributed by atoms with Crippen LogP contribution in [0.5, 0.6) is 0 Å². The van der Waals surface area contributed by atoms with Crippen LogP contribution in [0.25, 0.3) is 20.4 Å². The summed E-state index contributed by atoms with van der Waals surface area (Å²) in [5.41, 5.74) is 1.97. The van der Waals surface area contributed by atoms with Crippen LogP contribution < -0.4 is 10.5 Å². The summed E-state index contributed by atoms with van der Waals surface area (Å²) in [6.07, 6.45) is 0. The highest BCUT2D eigenvalue weighted by Gasteiger charge is 2.14. The molecule has 2 heterocycles. The summed E-state index contributed by atoms with van der Waals surface area (Å²) in [4.78, 5) is 21.3. The van der Waals surface area contributed by atoms with Crippen molar-refractivity contribution < 1.29 is 13.2 Å². The smallest absolute Gasteiger partial charge is 0.257 e. The fourth-order valence-electron chi connectivity index (χ4n) is 2.51. The summed E-state index contributed by atoms with van der Waals surface area (Å²) in [6, 6.07) is 9.28. The number of amides is 1. The van der Waals surface area contributed by atoms with Gasteiger partial charge in [-0.1, -0.05) is 11.3 Å². The van der Waals surface area contributed by atoms with Gasteiger partial charge >= 0.3 is 0 Å². The SMILES string of the molecule is Cc1nc2c(ccc3nc(NC(=O)c4ccc(S(N)(=O)=O)cc4)sc32)s1. The minimum absolute atomic E-state index is 0.0460. The van der Waals surface area contributed by atoms with Crippen molar-refractivity contribution in [2.45, 2.75) is 11.8 Å². The Morgan fingerprint density at radius 2 is 1.81 bits per heavy atom. The molecule has 4 rings (SSSR count). The molecule has 7 nitrogen and oxygen atoms in total. The lowest BCUT2D eigenvalue weighted by molar-refractivity contribution is 0.102. The molecule has 1 amide bonds. The van der Waals surface area contributed by atoms with Crippen molar-refractivity contribution in [3.63, 3.8) is 0 Å². The fraction of sp³-hybridized carbons (Fsp3) is 0.0625. The number of benzene rings is 2. The van der Waals surface area contributed by atoms with E-state index in [9.17, 15) is 13.2 Å². The van der Waals surface area contributed by atoms with E-state index in [0.29, 0.717) is 10.7 Å². The molecule has 2 aromatic carbocycles. The predicted octanol–water partition coefficient (Wildman–Crippen LogP) is 3.11. The van der Waals surface area contributed by atoms with Crippen LogP contribution in [0.1, 0.15) is 15.4 Å². The van der Waals surface area contributed by atoms with Gasteiger partial charge in [-0.15, -0.1) is 11.3 Å². The number of sulfonamides is 1. The van der Waals surface area contributed by atoms with Gasteiger partial charge in [0.25, 0.3) is 5.91 Å². The molecule has 0 aliphatic carbocycles. The van der Waals surface area contributed by atoms with E-state index in [4.69, 9.17) is 5.14 Å². The number of anilines is 1. The molecular formula is C16H12N4O3S3. The lowest BCUT2D eigenvalue weighted by Crippen LogP contribution is -2.14. The number of aromatic nitrogens is 2. The van der Waals surface area contributed by atoms with Gasteiger partial charge in [-0.3, -0.25) is 10.1 Å². The van der Waals surface area contributed by atoms with Gasteiger partial charge in [0.2, 0.25) is 10.0 Å². The third-order valence-electron chi connectivity index (χ3n) is 3.69. The zero-order valence-electron chi connectivity index (χ0n) is 13.4. The molecular weight excluding hydrogens is 392 g/mol. The summed E-state index contributed by atoms with van der Waals surface area (Å²) in [7, 11) is -3.79. The molecule has 0 saturated heterocycles. The molecule has 3 N–H and O–H groups in total. The average Bonchev–Trinajstić information content (AvgIpc) is 3.15. The van der Waals surface area contributed by atoms with Crippen LogP contribution in [0.2, 0.25) is 0 Å². The van der Waals surface area contributed by atoms with Crippen LogP contribution >= 0.6 is 22.7 Å². The van der Waals surface area contributed by atoms with E-state index in [1.165, 1.54) is 35.6 Å². The summed E-state index contributed by atoms with van der Waals surface area (Å²) < 4.78 is 24.6. The number of rotatable bonds is 3. The van der Waals surface area contributed by atoms with E-state index < -0.39 is 10.0 Å². The van der Waals surface area contributed by atoms with Crippen LogP contribution in [0, 0.1) is 6.92 Å². The van der Waals surface area contributed by atoms with Crippen LogP contribution in [-0.4, -0.2) is 24.3 Å². The second kappa shape index (κ2) is 6.09. The molecule has 4 aromatic rings. The van der Waals surface area contributed by atoms with Gasteiger partial charge in [0.05, 0.1) is 24.8 Å². The van der Waals surface area contributed by atoms with Crippen LogP contribution in [0.3, 0.4) is 0 Å². The monoisotopic (exact) mass is 404 g/mol. The van der Waals surface area contributed by atoms with Crippen molar-refractivity contribution in [3.8, 4) is 0 Å². The van der Waals surface area contributed by atoms with E-state index >= 15 is 0 Å². The van der Waals surface area contributed by atoms with Gasteiger partial charge in [0.1, 0.15) is 5.52 Å². The van der Waals surface area contributed by atoms with Gasteiger partial charge in [-0.05, 0) is 43.3 Å². The lowest BCUT2D eigenvalue weighted by Gasteiger charge is -2.02. The predicted molar refractivity (Wildman–Crippen MR) is 103 cm³/mol. The number of aryl methyl sites for hydroxylation is 1. The number of carbonyl (C=O) groups excluding carboxylic acids is 1. The minimum atomic E-state index is -3.79. The molecule has 0 aliphatic rings. The molecule has 0 atom stereocenters. The Hall–Kier alpha value is -2.40. The first-order valence-corrected chi connectivity index (χ1v) is 10.6. The third kappa shape index (κ3) is 3.07. The zero-order valence-corrected chi connectivity index (χ0v) is 15.8. The average molecular weight is 404 g/mol. The van der Waals surface area contributed by atoms with Crippen LogP contribution in [0.15, 0.2) is 41.3 Å². The second-order valence-corrected chi connectivity index (χ2v) is 9.33. The Balaban J connectivity index is 1.64. The van der Waals surface area contributed by atoms with E-state index in [0.717, 1.165) is 25.4 Å². The van der Waals surface area contributed by atoms with E-state index in [1.54, 1.807) is 11.3 Å². The summed E-state index contributed by atoms with van der Waals surface area (Å²) in [5, 5.41) is 9.23. The second-order valence-electron chi connectivity index (χ2n) is 5.54. The minimum Gasteiger partial charge on any atom is -0.298 e. The summed E-state index contributed by atoms with van der Waals surface area (Å²) >= 11 is 2.97. The van der Waals surface area contributed by atoms with Crippen molar-refractivity contribution >= 4 is 64.2 Å². The zero-order chi connectivity index (χ0) is 18.5. The van der Waals surface area contributed by atoms with Crippen molar-refractivity contribution in [3.05, 3.63) is 47.0 Å². The first kappa shape index (κ1) is 17.0. The van der Waals surface area contributed by atoms with Crippen molar-refractivity contribution in [2.75, 3.05) is 5.32 Å². The standard InChI is InChI=1S/C16H12N4O3S3/c1-8-18-13-12(24-8)7-6-11-14(13)25-16(19-11)20-15(21)9-2-4-10(5-3-9)26(17,22)23/h2-7H,1H3,(H2,17,22,23)(H,19,20,21). The van der Waals surface area contributed by atoms with E-state index in [2.05, 4.69) is 15.3 Å². The molecule has 0 spiro atoms. The molecule has 2 aromatic heterocycles. The molecule has 0 fully saturated rings. The Kier molecular flexibility index (Phi) is 3.99. The highest BCUT2D eigenvalue weighted by Crippen LogP contribution is 2.34. The number of carbonyl (C=O) groups is 1. The molecule has 0 bridgehead atoms. The van der Waals surface area contributed by atoms with Crippen LogP contribution in [-0.2, 0) is 10.0 Å². The highest BCUT2D eigenvalue weighted by molar-refractivity contribution is 7.89. The number of nitrogens with two attached hydrogens (primary N) is 1. The van der Waals surface area contributed by atoms with Crippen molar-refractivity contribution in [1.29, 1.82) is 0 Å². The molecule has 10 heteroatoms. The number of primary sulfonamides is 1. The third-order valence-corrected chi connectivity index (χ3v) is 6.55. The Labute approximate surface area is 156 Å². The first-order chi connectivity index (χ1) is 12.3. The van der Waals surface area contributed by atoms with Gasteiger partial charge in [0, 0.05) is 5.56 Å². The van der Waals surface area contributed by atoms with E-state index in [-0.39, 0.29) is 10.8 Å². The fourth-order valence-corrected chi connectivity index (χ4v) is 4.87. The maximum absolute atomic E-state index is 12.4.